The molecule has 2 aromatic heterocycles. The van der Waals surface area contributed by atoms with Crippen molar-refractivity contribution in [1.29, 1.82) is 0 Å². The first-order valence-electron chi connectivity index (χ1n) is 7.36. The van der Waals surface area contributed by atoms with Gasteiger partial charge in [0.1, 0.15) is 17.0 Å². The second-order valence-electron chi connectivity index (χ2n) is 4.98. The van der Waals surface area contributed by atoms with Crippen LogP contribution in [0.2, 0.25) is 0 Å². The van der Waals surface area contributed by atoms with Gasteiger partial charge in [-0.25, -0.2) is 9.97 Å². The van der Waals surface area contributed by atoms with E-state index in [0.717, 1.165) is 5.56 Å². The number of aromatic amines is 1. The molecule has 3 aromatic rings. The Hall–Kier alpha value is -3.00. The highest BCUT2D eigenvalue weighted by Gasteiger charge is 2.16. The van der Waals surface area contributed by atoms with Crippen LogP contribution in [0.4, 0.5) is 0 Å². The quantitative estimate of drug-likeness (QED) is 0.664. The van der Waals surface area contributed by atoms with E-state index in [1.807, 2.05) is 24.3 Å². The van der Waals surface area contributed by atoms with Gasteiger partial charge >= 0.3 is 0 Å². The maximum atomic E-state index is 12.1. The number of carbonyl (C=O) groups excluding carboxylic acids is 1. The van der Waals surface area contributed by atoms with Gasteiger partial charge in [-0.05, 0) is 12.1 Å². The molecule has 2 heterocycles. The van der Waals surface area contributed by atoms with Crippen LogP contribution in [0.1, 0.15) is 10.5 Å². The fourth-order valence-corrected chi connectivity index (χ4v) is 2.30. The van der Waals surface area contributed by atoms with Gasteiger partial charge in [0, 0.05) is 19.2 Å². The molecule has 8 heteroatoms. The maximum absolute atomic E-state index is 12.1. The minimum atomic E-state index is -0.311. The predicted molar refractivity (Wildman–Crippen MR) is 87.9 cm³/mol. The number of amides is 1. The molecule has 0 aliphatic heterocycles. The van der Waals surface area contributed by atoms with Crippen LogP contribution in [0.5, 0.6) is 5.75 Å². The van der Waals surface area contributed by atoms with Gasteiger partial charge in [0.2, 0.25) is 0 Å². The molecule has 124 valence electrons. The third-order valence-electron chi connectivity index (χ3n) is 3.46. The number of benzene rings is 1. The summed E-state index contributed by atoms with van der Waals surface area (Å²) in [5.41, 5.74) is 2.62. The first-order chi connectivity index (χ1) is 11.7. The summed E-state index contributed by atoms with van der Waals surface area (Å²) in [4.78, 5) is 20.7. The Kier molecular flexibility index (Phi) is 4.66. The summed E-state index contributed by atoms with van der Waals surface area (Å²) in [7, 11) is 3.17. The molecule has 8 nitrogen and oxygen atoms in total. The minimum Gasteiger partial charge on any atom is -0.496 e. The summed E-state index contributed by atoms with van der Waals surface area (Å²) >= 11 is 0. The van der Waals surface area contributed by atoms with Gasteiger partial charge in [0.05, 0.1) is 25.6 Å². The number of nitrogens with one attached hydrogen (secondary N) is 2. The van der Waals surface area contributed by atoms with Crippen LogP contribution in [-0.4, -0.2) is 53.4 Å². The van der Waals surface area contributed by atoms with Gasteiger partial charge in [0.15, 0.2) is 5.65 Å². The Labute approximate surface area is 138 Å². The molecule has 0 bridgehead atoms. The third-order valence-corrected chi connectivity index (χ3v) is 3.46. The Morgan fingerprint density at radius 3 is 2.92 bits per heavy atom. The molecule has 24 heavy (non-hydrogen) atoms. The van der Waals surface area contributed by atoms with Gasteiger partial charge in [-0.3, -0.25) is 9.89 Å². The smallest absolute Gasteiger partial charge is 0.271 e. The fourth-order valence-electron chi connectivity index (χ4n) is 2.30. The SMILES string of the molecule is COCCNC(=O)c1cnc2n[nH]c(-c3ccccc3OC)c2n1. The van der Waals surface area contributed by atoms with Gasteiger partial charge in [-0.15, -0.1) is 0 Å². The van der Waals surface area contributed by atoms with Crippen molar-refractivity contribution < 1.29 is 14.3 Å². The Balaban J connectivity index is 1.99. The highest BCUT2D eigenvalue weighted by atomic mass is 16.5. The lowest BCUT2D eigenvalue weighted by Crippen LogP contribution is -2.27. The summed E-state index contributed by atoms with van der Waals surface area (Å²) in [5, 5.41) is 9.77. The molecule has 0 fully saturated rings. The van der Waals surface area contributed by atoms with Crippen molar-refractivity contribution in [3.8, 4) is 17.0 Å². The van der Waals surface area contributed by atoms with Gasteiger partial charge in [-0.1, -0.05) is 12.1 Å². The number of hydrogen-bond acceptors (Lipinski definition) is 6. The van der Waals surface area contributed by atoms with Crippen LogP contribution >= 0.6 is 0 Å². The molecule has 0 aliphatic carbocycles. The van der Waals surface area contributed by atoms with Crippen LogP contribution < -0.4 is 10.1 Å². The molecule has 0 atom stereocenters. The summed E-state index contributed by atoms with van der Waals surface area (Å²) in [6.45, 7) is 0.833. The van der Waals surface area contributed by atoms with Gasteiger partial charge < -0.3 is 14.8 Å². The molecule has 0 saturated carbocycles. The van der Waals surface area contributed by atoms with E-state index in [-0.39, 0.29) is 11.6 Å². The van der Waals surface area contributed by atoms with E-state index in [4.69, 9.17) is 9.47 Å². The van der Waals surface area contributed by atoms with Crippen molar-refractivity contribution in [2.45, 2.75) is 0 Å². The van der Waals surface area contributed by atoms with Crippen molar-refractivity contribution in [3.05, 3.63) is 36.2 Å². The number of H-pyrrole nitrogens is 1. The molecule has 0 aliphatic rings. The van der Waals surface area contributed by atoms with E-state index < -0.39 is 0 Å². The molecular weight excluding hydrogens is 310 g/mol. The number of hydrogen-bond donors (Lipinski definition) is 2. The fraction of sp³-hybridized carbons (Fsp3) is 0.250. The van der Waals surface area contributed by atoms with Crippen molar-refractivity contribution in [2.24, 2.45) is 0 Å². The molecule has 3 rings (SSSR count). The lowest BCUT2D eigenvalue weighted by Gasteiger charge is -2.06. The van der Waals surface area contributed by atoms with E-state index in [2.05, 4.69) is 25.5 Å². The monoisotopic (exact) mass is 327 g/mol. The summed E-state index contributed by atoms with van der Waals surface area (Å²) in [6.07, 6.45) is 1.40. The van der Waals surface area contributed by atoms with Gasteiger partial charge in [-0.2, -0.15) is 5.10 Å². The molecule has 0 unspecified atom stereocenters. The number of fused-ring (bicyclic) bond motifs is 1. The second kappa shape index (κ2) is 7.05. The van der Waals surface area contributed by atoms with Crippen LogP contribution in [0.15, 0.2) is 30.5 Å². The molecular formula is C16H17N5O3. The number of carbonyl (C=O) groups is 1. The highest BCUT2D eigenvalue weighted by molar-refractivity contribution is 5.96. The van der Waals surface area contributed by atoms with Crippen LogP contribution in [0.3, 0.4) is 0 Å². The largest absolute Gasteiger partial charge is 0.496 e. The van der Waals surface area contributed by atoms with E-state index in [9.17, 15) is 4.79 Å². The zero-order valence-electron chi connectivity index (χ0n) is 13.4. The highest BCUT2D eigenvalue weighted by Crippen LogP contribution is 2.31. The van der Waals surface area contributed by atoms with E-state index in [1.54, 1.807) is 14.2 Å². The van der Waals surface area contributed by atoms with E-state index in [0.29, 0.717) is 35.8 Å². The number of ether oxygens (including phenoxy) is 2. The lowest BCUT2D eigenvalue weighted by molar-refractivity contribution is 0.0932. The van der Waals surface area contributed by atoms with Crippen molar-refractivity contribution in [2.75, 3.05) is 27.4 Å². The van der Waals surface area contributed by atoms with E-state index >= 15 is 0 Å². The van der Waals surface area contributed by atoms with Gasteiger partial charge in [0.25, 0.3) is 5.91 Å². The molecule has 0 radical (unpaired) electrons. The second-order valence-corrected chi connectivity index (χ2v) is 4.98. The normalized spacial score (nSPS) is 10.8. The standard InChI is InChI=1S/C16H17N5O3/c1-23-8-7-17-16(22)11-9-18-15-14(19-11)13(20-21-15)10-5-3-4-6-12(10)24-2/h3-6,9H,7-8H2,1-2H3,(H,17,22)(H,18,20,21). The summed E-state index contributed by atoms with van der Waals surface area (Å²) in [5.74, 6) is 0.369. The average molecular weight is 327 g/mol. The molecule has 1 amide bonds. The third kappa shape index (κ3) is 3.04. The van der Waals surface area contributed by atoms with Crippen LogP contribution in [0, 0.1) is 0 Å². The van der Waals surface area contributed by atoms with Crippen molar-refractivity contribution in [3.63, 3.8) is 0 Å². The Bertz CT molecular complexity index is 862. The molecule has 1 aromatic carbocycles. The minimum absolute atomic E-state index is 0.219. The average Bonchev–Trinajstić information content (AvgIpc) is 3.04. The summed E-state index contributed by atoms with van der Waals surface area (Å²) < 4.78 is 10.3. The number of nitrogens with zero attached hydrogens (tertiary/aromatic N) is 3. The van der Waals surface area contributed by atoms with Crippen molar-refractivity contribution in [1.82, 2.24) is 25.5 Å². The number of rotatable bonds is 6. The Morgan fingerprint density at radius 2 is 2.12 bits per heavy atom. The first kappa shape index (κ1) is 15.9. The number of para-hydroxylation sites is 1. The van der Waals surface area contributed by atoms with Crippen molar-refractivity contribution >= 4 is 17.1 Å². The molecule has 0 spiro atoms. The van der Waals surface area contributed by atoms with E-state index in [1.165, 1.54) is 6.20 Å². The zero-order chi connectivity index (χ0) is 16.9. The zero-order valence-corrected chi connectivity index (χ0v) is 13.4. The predicted octanol–water partition coefficient (Wildman–Crippen LogP) is 1.40. The number of aromatic nitrogens is 4. The Morgan fingerprint density at radius 1 is 1.29 bits per heavy atom. The molecule has 0 saturated heterocycles. The topological polar surface area (TPSA) is 102 Å². The lowest BCUT2D eigenvalue weighted by atomic mass is 10.1. The maximum Gasteiger partial charge on any atom is 0.271 e. The summed E-state index contributed by atoms with van der Waals surface area (Å²) in [6, 6.07) is 7.50. The van der Waals surface area contributed by atoms with Crippen LogP contribution in [-0.2, 0) is 4.74 Å². The number of methoxy groups -OCH3 is 2. The van der Waals surface area contributed by atoms with Crippen LogP contribution in [0.25, 0.3) is 22.4 Å². The first-order valence-corrected chi connectivity index (χ1v) is 7.36. The molecule has 2 N–H and O–H groups in total.